The van der Waals surface area contributed by atoms with Crippen molar-refractivity contribution < 1.29 is 8.83 Å². The molecule has 0 amide bonds. The minimum absolute atomic E-state index is 0.868. The highest BCUT2D eigenvalue weighted by atomic mass is 16.3. The minimum Gasteiger partial charge on any atom is -0.456 e. The van der Waals surface area contributed by atoms with Gasteiger partial charge in [0.05, 0.1) is 0 Å². The van der Waals surface area contributed by atoms with Crippen LogP contribution in [0.25, 0.3) is 131 Å². The molecule has 0 saturated carbocycles. The van der Waals surface area contributed by atoms with E-state index in [1.807, 2.05) is 12.1 Å². The quantitative estimate of drug-likeness (QED) is 0.169. The highest BCUT2D eigenvalue weighted by Gasteiger charge is 2.20. The maximum absolute atomic E-state index is 6.69. The minimum atomic E-state index is 0.868. The SMILES string of the molecule is c1ccc2c(-c3c4ccccc4c(-c4ccc5cc(-c6cc7oc8cc9c(cc8c7c7ccccc67)oc6ccccc69)ccc5c4)c4ccccc34)cccc2c1. The molecule has 0 radical (unpaired) electrons. The van der Waals surface area contributed by atoms with Crippen LogP contribution in [0.15, 0.2) is 203 Å². The average molecular weight is 737 g/mol. The highest BCUT2D eigenvalue weighted by Crippen LogP contribution is 2.47. The summed E-state index contributed by atoms with van der Waals surface area (Å²) in [4.78, 5) is 0. The highest BCUT2D eigenvalue weighted by molar-refractivity contribution is 6.26. The summed E-state index contributed by atoms with van der Waals surface area (Å²) >= 11 is 0. The van der Waals surface area contributed by atoms with E-state index in [0.29, 0.717) is 0 Å². The van der Waals surface area contributed by atoms with Crippen LogP contribution < -0.4 is 0 Å². The first-order valence-electron chi connectivity index (χ1n) is 19.9. The zero-order valence-electron chi connectivity index (χ0n) is 31.3. The monoisotopic (exact) mass is 736 g/mol. The van der Waals surface area contributed by atoms with Gasteiger partial charge in [-0.25, -0.2) is 0 Å². The molecule has 0 aliphatic heterocycles. The second kappa shape index (κ2) is 11.9. The molecule has 0 bridgehead atoms. The number of para-hydroxylation sites is 1. The zero-order valence-corrected chi connectivity index (χ0v) is 31.3. The van der Waals surface area contributed by atoms with Crippen molar-refractivity contribution in [1.29, 1.82) is 0 Å². The topological polar surface area (TPSA) is 26.3 Å². The zero-order chi connectivity index (χ0) is 37.9. The number of furan rings is 2. The first kappa shape index (κ1) is 31.5. The second-order valence-electron chi connectivity index (χ2n) is 15.5. The molecule has 13 rings (SSSR count). The summed E-state index contributed by atoms with van der Waals surface area (Å²) in [6, 6.07) is 70.5. The van der Waals surface area contributed by atoms with Gasteiger partial charge in [-0.2, -0.15) is 0 Å². The molecule has 2 nitrogen and oxygen atoms in total. The molecule has 2 aromatic heterocycles. The molecular weight excluding hydrogens is 705 g/mol. The molecule has 2 heterocycles. The first-order valence-corrected chi connectivity index (χ1v) is 19.9. The predicted octanol–water partition coefficient (Wildman–Crippen LogP) is 16.3. The van der Waals surface area contributed by atoms with Crippen molar-refractivity contribution >= 4 is 97.7 Å². The van der Waals surface area contributed by atoms with Crippen molar-refractivity contribution in [2.75, 3.05) is 0 Å². The molecule has 11 aromatic carbocycles. The van der Waals surface area contributed by atoms with Crippen LogP contribution in [0.3, 0.4) is 0 Å². The second-order valence-corrected chi connectivity index (χ2v) is 15.5. The third-order valence-electron chi connectivity index (χ3n) is 12.4. The van der Waals surface area contributed by atoms with Gasteiger partial charge in [-0.1, -0.05) is 158 Å². The Labute approximate surface area is 332 Å². The third kappa shape index (κ3) is 4.48. The molecular formula is C56H32O2. The van der Waals surface area contributed by atoms with Gasteiger partial charge in [0.15, 0.2) is 0 Å². The Morgan fingerprint density at radius 1 is 0.241 bits per heavy atom. The van der Waals surface area contributed by atoms with Crippen molar-refractivity contribution in [3.63, 3.8) is 0 Å². The molecule has 0 saturated heterocycles. The van der Waals surface area contributed by atoms with Gasteiger partial charge in [0.1, 0.15) is 22.3 Å². The smallest absolute Gasteiger partial charge is 0.136 e. The fraction of sp³-hybridized carbons (Fsp3) is 0. The van der Waals surface area contributed by atoms with Crippen molar-refractivity contribution in [1.82, 2.24) is 0 Å². The van der Waals surface area contributed by atoms with Crippen LogP contribution >= 0.6 is 0 Å². The van der Waals surface area contributed by atoms with Gasteiger partial charge in [-0.05, 0) is 124 Å². The number of hydrogen-bond acceptors (Lipinski definition) is 2. The van der Waals surface area contributed by atoms with Crippen LogP contribution in [0.2, 0.25) is 0 Å². The lowest BCUT2D eigenvalue weighted by Gasteiger charge is -2.19. The lowest BCUT2D eigenvalue weighted by molar-refractivity contribution is 0.664. The maximum atomic E-state index is 6.69. The molecule has 0 aliphatic rings. The molecule has 13 aromatic rings. The fourth-order valence-corrected chi connectivity index (χ4v) is 9.84. The van der Waals surface area contributed by atoms with Gasteiger partial charge in [0, 0.05) is 21.5 Å². The van der Waals surface area contributed by atoms with Crippen LogP contribution in [0.1, 0.15) is 0 Å². The summed E-state index contributed by atoms with van der Waals surface area (Å²) in [7, 11) is 0. The van der Waals surface area contributed by atoms with Crippen molar-refractivity contribution in [3.05, 3.63) is 194 Å². The van der Waals surface area contributed by atoms with Crippen LogP contribution in [0.5, 0.6) is 0 Å². The summed E-state index contributed by atoms with van der Waals surface area (Å²) in [5, 5.41) is 16.7. The van der Waals surface area contributed by atoms with Gasteiger partial charge in [0.25, 0.3) is 0 Å². The molecule has 0 atom stereocenters. The molecule has 2 heteroatoms. The Hall–Kier alpha value is -7.68. The van der Waals surface area contributed by atoms with E-state index in [1.165, 1.54) is 76.1 Å². The number of fused-ring (bicyclic) bond motifs is 12. The molecule has 0 fully saturated rings. The van der Waals surface area contributed by atoms with Crippen molar-refractivity contribution in [2.24, 2.45) is 0 Å². The molecule has 0 unspecified atom stereocenters. The van der Waals surface area contributed by atoms with E-state index in [1.54, 1.807) is 0 Å². The van der Waals surface area contributed by atoms with Crippen molar-refractivity contribution in [2.45, 2.75) is 0 Å². The summed E-state index contributed by atoms with van der Waals surface area (Å²) in [5.74, 6) is 0. The van der Waals surface area contributed by atoms with E-state index < -0.39 is 0 Å². The van der Waals surface area contributed by atoms with E-state index in [9.17, 15) is 0 Å². The Balaban J connectivity index is 0.980. The Morgan fingerprint density at radius 3 is 1.53 bits per heavy atom. The standard InChI is InChI=1S/C56H32O2/c1-2-14-38-33(12-1)13-11-22-41(38)55-45-20-7-5-18-43(45)54(44-19-6-8-21-46(44)55)37-27-25-34-28-36(26-24-35(34)29-37)47-30-53-56(42-17-4-3-15-39(42)47)49-32-51-48(31-52(49)58-53)40-16-9-10-23-50(40)57-51/h1-32H. The van der Waals surface area contributed by atoms with Gasteiger partial charge in [-0.3, -0.25) is 0 Å². The fourth-order valence-electron chi connectivity index (χ4n) is 9.84. The summed E-state index contributed by atoms with van der Waals surface area (Å²) < 4.78 is 13.0. The van der Waals surface area contributed by atoms with E-state index in [2.05, 4.69) is 182 Å². The van der Waals surface area contributed by atoms with Crippen LogP contribution in [-0.2, 0) is 0 Å². The summed E-state index contributed by atoms with van der Waals surface area (Å²) in [6.07, 6.45) is 0. The van der Waals surface area contributed by atoms with Gasteiger partial charge >= 0.3 is 0 Å². The van der Waals surface area contributed by atoms with Crippen LogP contribution in [-0.4, -0.2) is 0 Å². The molecule has 58 heavy (non-hydrogen) atoms. The van der Waals surface area contributed by atoms with Gasteiger partial charge in [-0.15, -0.1) is 0 Å². The molecule has 268 valence electrons. The Kier molecular flexibility index (Phi) is 6.47. The maximum Gasteiger partial charge on any atom is 0.136 e. The number of benzene rings is 11. The normalized spacial score (nSPS) is 12.1. The van der Waals surface area contributed by atoms with E-state index >= 15 is 0 Å². The van der Waals surface area contributed by atoms with E-state index in [4.69, 9.17) is 8.83 Å². The lowest BCUT2D eigenvalue weighted by atomic mass is 9.84. The molecule has 0 aliphatic carbocycles. The largest absolute Gasteiger partial charge is 0.456 e. The average Bonchev–Trinajstić information content (AvgIpc) is 3.83. The number of hydrogen-bond donors (Lipinski definition) is 0. The number of rotatable bonds is 3. The van der Waals surface area contributed by atoms with E-state index in [-0.39, 0.29) is 0 Å². The van der Waals surface area contributed by atoms with Gasteiger partial charge < -0.3 is 8.83 Å². The van der Waals surface area contributed by atoms with E-state index in [0.717, 1.165) is 55.0 Å². The van der Waals surface area contributed by atoms with Gasteiger partial charge in [0.2, 0.25) is 0 Å². The third-order valence-corrected chi connectivity index (χ3v) is 12.4. The summed E-state index contributed by atoms with van der Waals surface area (Å²) in [5.41, 5.74) is 10.9. The lowest BCUT2D eigenvalue weighted by Crippen LogP contribution is -1.91. The Bertz CT molecular complexity index is 3800. The van der Waals surface area contributed by atoms with Crippen molar-refractivity contribution in [3.8, 4) is 33.4 Å². The summed E-state index contributed by atoms with van der Waals surface area (Å²) in [6.45, 7) is 0. The van der Waals surface area contributed by atoms with Crippen LogP contribution in [0.4, 0.5) is 0 Å². The first-order chi connectivity index (χ1) is 28.7. The molecule has 0 N–H and O–H groups in total. The Morgan fingerprint density at radius 2 is 0.776 bits per heavy atom. The molecule has 0 spiro atoms. The van der Waals surface area contributed by atoms with Crippen LogP contribution in [0, 0.1) is 0 Å². The predicted molar refractivity (Wildman–Crippen MR) is 245 cm³/mol.